The predicted molar refractivity (Wildman–Crippen MR) is 115 cm³/mol. The van der Waals surface area contributed by atoms with Crippen LogP contribution in [-0.2, 0) is 5.41 Å². The van der Waals surface area contributed by atoms with Crippen LogP contribution in [0.4, 0.5) is 0 Å². The van der Waals surface area contributed by atoms with E-state index in [0.29, 0.717) is 0 Å². The summed E-state index contributed by atoms with van der Waals surface area (Å²) in [6, 6.07) is 12.9. The Morgan fingerprint density at radius 1 is 1.04 bits per heavy atom. The van der Waals surface area contributed by atoms with E-state index in [-0.39, 0.29) is 5.41 Å². The van der Waals surface area contributed by atoms with Crippen molar-refractivity contribution in [1.82, 2.24) is 9.97 Å². The van der Waals surface area contributed by atoms with Crippen LogP contribution < -0.4 is 0 Å². The largest absolute Gasteiger partial charge is 0.240 e. The number of nitrogens with zero attached hydrogens (tertiary/aromatic N) is 2. The fourth-order valence-electron chi connectivity index (χ4n) is 4.05. The molecule has 0 N–H and O–H groups in total. The standard InChI is InChI=1S/C25H22N2/c1-6-7-10-16(2)17(3)23-21-20-14-13-18-11-8-9-12-19(18)22(20)25(4,5)24(21)27-15-26-23/h6-15H,1-3H2,4-5H3/b10-7-. The van der Waals surface area contributed by atoms with Crippen LogP contribution in [0.5, 0.6) is 0 Å². The molecular weight excluding hydrogens is 328 g/mol. The van der Waals surface area contributed by atoms with Gasteiger partial charge in [0.1, 0.15) is 6.33 Å². The summed E-state index contributed by atoms with van der Waals surface area (Å²) < 4.78 is 0. The van der Waals surface area contributed by atoms with Crippen LogP contribution in [-0.4, -0.2) is 9.97 Å². The molecule has 1 aliphatic carbocycles. The monoisotopic (exact) mass is 350 g/mol. The van der Waals surface area contributed by atoms with Crippen molar-refractivity contribution in [3.8, 4) is 11.1 Å². The molecule has 0 amide bonds. The smallest absolute Gasteiger partial charge is 0.116 e. The SMILES string of the molecule is C=C/C=C\C(=C)C(=C)c1ncnc2c1-c1ccc3ccccc3c1C2(C)C. The molecule has 0 aliphatic heterocycles. The van der Waals surface area contributed by atoms with Gasteiger partial charge in [-0.25, -0.2) is 9.97 Å². The van der Waals surface area contributed by atoms with Gasteiger partial charge in [-0.2, -0.15) is 0 Å². The lowest BCUT2D eigenvalue weighted by atomic mass is 9.82. The fourth-order valence-corrected chi connectivity index (χ4v) is 4.05. The van der Waals surface area contributed by atoms with E-state index in [1.807, 2.05) is 12.2 Å². The van der Waals surface area contributed by atoms with Crippen molar-refractivity contribution < 1.29 is 0 Å². The molecule has 2 heteroatoms. The Morgan fingerprint density at radius 3 is 2.59 bits per heavy atom. The van der Waals surface area contributed by atoms with Crippen molar-refractivity contribution in [2.45, 2.75) is 19.3 Å². The molecule has 4 rings (SSSR count). The minimum absolute atomic E-state index is 0.207. The Kier molecular flexibility index (Phi) is 3.92. The molecule has 1 heterocycles. The first-order valence-corrected chi connectivity index (χ1v) is 9.02. The lowest BCUT2D eigenvalue weighted by molar-refractivity contribution is 0.639. The zero-order valence-electron chi connectivity index (χ0n) is 15.8. The van der Waals surface area contributed by atoms with E-state index in [1.54, 1.807) is 12.4 Å². The highest BCUT2D eigenvalue weighted by Crippen LogP contribution is 2.52. The number of benzene rings is 2. The summed E-state index contributed by atoms with van der Waals surface area (Å²) in [6.45, 7) is 16.6. The van der Waals surface area contributed by atoms with Gasteiger partial charge >= 0.3 is 0 Å². The van der Waals surface area contributed by atoms with Gasteiger partial charge in [0.15, 0.2) is 0 Å². The summed E-state index contributed by atoms with van der Waals surface area (Å²) in [5.41, 5.74) is 6.87. The van der Waals surface area contributed by atoms with Crippen LogP contribution in [0.15, 0.2) is 86.3 Å². The first kappa shape index (κ1) is 17.2. The van der Waals surface area contributed by atoms with Crippen LogP contribution in [0.3, 0.4) is 0 Å². The molecule has 132 valence electrons. The van der Waals surface area contributed by atoms with Crippen molar-refractivity contribution in [3.63, 3.8) is 0 Å². The zero-order valence-corrected chi connectivity index (χ0v) is 15.8. The van der Waals surface area contributed by atoms with Crippen LogP contribution in [0.1, 0.15) is 30.8 Å². The Bertz CT molecular complexity index is 1150. The van der Waals surface area contributed by atoms with Crippen molar-refractivity contribution in [3.05, 3.63) is 103 Å². The predicted octanol–water partition coefficient (Wildman–Crippen LogP) is 6.25. The molecule has 0 bridgehead atoms. The molecule has 0 saturated carbocycles. The van der Waals surface area contributed by atoms with E-state index in [2.05, 4.69) is 80.0 Å². The summed E-state index contributed by atoms with van der Waals surface area (Å²) in [5, 5.41) is 2.50. The van der Waals surface area contributed by atoms with Gasteiger partial charge in [-0.05, 0) is 27.5 Å². The number of aromatic nitrogens is 2. The van der Waals surface area contributed by atoms with Gasteiger partial charge in [0, 0.05) is 16.6 Å². The summed E-state index contributed by atoms with van der Waals surface area (Å²) >= 11 is 0. The molecule has 0 atom stereocenters. The second-order valence-corrected chi connectivity index (χ2v) is 7.38. The van der Waals surface area contributed by atoms with Crippen molar-refractivity contribution >= 4 is 16.3 Å². The Labute approximate surface area is 160 Å². The van der Waals surface area contributed by atoms with Gasteiger partial charge in [0.25, 0.3) is 0 Å². The van der Waals surface area contributed by atoms with E-state index in [4.69, 9.17) is 0 Å². The molecular formula is C25H22N2. The van der Waals surface area contributed by atoms with Gasteiger partial charge in [-0.1, -0.05) is 88.2 Å². The molecule has 0 fully saturated rings. The topological polar surface area (TPSA) is 25.8 Å². The van der Waals surface area contributed by atoms with Gasteiger partial charge in [0.05, 0.1) is 11.4 Å². The number of hydrogen-bond donors (Lipinski definition) is 0. The van der Waals surface area contributed by atoms with Gasteiger partial charge in [-0.3, -0.25) is 0 Å². The van der Waals surface area contributed by atoms with Crippen molar-refractivity contribution in [1.29, 1.82) is 0 Å². The first-order valence-electron chi connectivity index (χ1n) is 9.02. The molecule has 1 aliphatic rings. The quantitative estimate of drug-likeness (QED) is 0.520. The average molecular weight is 350 g/mol. The highest BCUT2D eigenvalue weighted by Gasteiger charge is 2.40. The van der Waals surface area contributed by atoms with Crippen molar-refractivity contribution in [2.24, 2.45) is 0 Å². The third-order valence-corrected chi connectivity index (χ3v) is 5.37. The third kappa shape index (κ3) is 2.48. The fraction of sp³-hybridized carbons (Fsp3) is 0.120. The highest BCUT2D eigenvalue weighted by molar-refractivity contribution is 6.00. The zero-order chi connectivity index (χ0) is 19.2. The number of rotatable bonds is 4. The Hall–Kier alpha value is -3.26. The van der Waals surface area contributed by atoms with E-state index in [0.717, 1.165) is 28.1 Å². The summed E-state index contributed by atoms with van der Waals surface area (Å²) in [5.74, 6) is 0. The number of fused-ring (bicyclic) bond motifs is 5. The third-order valence-electron chi connectivity index (χ3n) is 5.37. The molecule has 3 aromatic rings. The molecule has 2 aromatic carbocycles. The lowest BCUT2D eigenvalue weighted by Crippen LogP contribution is -2.17. The van der Waals surface area contributed by atoms with E-state index < -0.39 is 0 Å². The lowest BCUT2D eigenvalue weighted by Gasteiger charge is -2.22. The maximum absolute atomic E-state index is 4.68. The summed E-state index contributed by atoms with van der Waals surface area (Å²) in [7, 11) is 0. The molecule has 2 nitrogen and oxygen atoms in total. The maximum Gasteiger partial charge on any atom is 0.116 e. The second kappa shape index (κ2) is 6.17. The van der Waals surface area contributed by atoms with Crippen LogP contribution in [0.25, 0.3) is 27.5 Å². The minimum atomic E-state index is -0.207. The molecule has 27 heavy (non-hydrogen) atoms. The summed E-state index contributed by atoms with van der Waals surface area (Å²) in [6.07, 6.45) is 7.14. The second-order valence-electron chi connectivity index (χ2n) is 7.38. The molecule has 0 unspecified atom stereocenters. The molecule has 0 saturated heterocycles. The average Bonchev–Trinajstić information content (AvgIpc) is 2.93. The van der Waals surface area contributed by atoms with Crippen LogP contribution in [0.2, 0.25) is 0 Å². The molecule has 0 radical (unpaired) electrons. The van der Waals surface area contributed by atoms with Gasteiger partial charge in [0.2, 0.25) is 0 Å². The van der Waals surface area contributed by atoms with Gasteiger partial charge in [-0.15, -0.1) is 0 Å². The molecule has 0 spiro atoms. The minimum Gasteiger partial charge on any atom is -0.240 e. The van der Waals surface area contributed by atoms with E-state index in [1.165, 1.54) is 21.9 Å². The van der Waals surface area contributed by atoms with Crippen LogP contribution >= 0.6 is 0 Å². The van der Waals surface area contributed by atoms with Crippen molar-refractivity contribution in [2.75, 3.05) is 0 Å². The number of hydrogen-bond acceptors (Lipinski definition) is 2. The first-order chi connectivity index (χ1) is 13.0. The Balaban J connectivity index is 2.00. The van der Waals surface area contributed by atoms with E-state index >= 15 is 0 Å². The molecule has 1 aromatic heterocycles. The van der Waals surface area contributed by atoms with Crippen LogP contribution in [0, 0.1) is 0 Å². The van der Waals surface area contributed by atoms with E-state index in [9.17, 15) is 0 Å². The number of allylic oxidation sites excluding steroid dienone is 5. The maximum atomic E-state index is 4.68. The van der Waals surface area contributed by atoms with Gasteiger partial charge < -0.3 is 0 Å². The Morgan fingerprint density at radius 2 is 1.81 bits per heavy atom. The highest BCUT2D eigenvalue weighted by atomic mass is 14.9. The normalized spacial score (nSPS) is 14.1. The summed E-state index contributed by atoms with van der Waals surface area (Å²) in [4.78, 5) is 9.27.